The van der Waals surface area contributed by atoms with Crippen LogP contribution in [-0.4, -0.2) is 55.1 Å². The second kappa shape index (κ2) is 8.58. The number of para-hydroxylation sites is 1. The van der Waals surface area contributed by atoms with Gasteiger partial charge in [0, 0.05) is 26.2 Å². The Morgan fingerprint density at radius 3 is 2.26 bits per heavy atom. The van der Waals surface area contributed by atoms with Crippen LogP contribution in [0, 0.1) is 0 Å². The van der Waals surface area contributed by atoms with E-state index in [4.69, 9.17) is 9.47 Å². The van der Waals surface area contributed by atoms with Gasteiger partial charge in [0.05, 0.1) is 12.7 Å². The second-order valence-electron chi connectivity index (χ2n) is 6.35. The van der Waals surface area contributed by atoms with Gasteiger partial charge >= 0.3 is 6.09 Å². The number of hydrogen-bond acceptors (Lipinski definition) is 4. The van der Waals surface area contributed by atoms with Crippen LogP contribution in [0.4, 0.5) is 4.79 Å². The topological polar surface area (TPSA) is 59.1 Å². The predicted octanol–water partition coefficient (Wildman–Crippen LogP) is 3.21. The molecule has 0 bridgehead atoms. The maximum absolute atomic E-state index is 12.9. The molecule has 1 aliphatic heterocycles. The van der Waals surface area contributed by atoms with Gasteiger partial charge in [-0.3, -0.25) is 4.79 Å². The Labute approximate surface area is 159 Å². The summed E-state index contributed by atoms with van der Waals surface area (Å²) in [4.78, 5) is 28.6. The summed E-state index contributed by atoms with van der Waals surface area (Å²) >= 11 is 0. The lowest BCUT2D eigenvalue weighted by atomic mass is 10.1. The first-order chi connectivity index (χ1) is 13.1. The Morgan fingerprint density at radius 1 is 0.963 bits per heavy atom. The Morgan fingerprint density at radius 2 is 1.63 bits per heavy atom. The fourth-order valence-electron chi connectivity index (χ4n) is 3.06. The van der Waals surface area contributed by atoms with E-state index in [-0.39, 0.29) is 12.0 Å². The lowest BCUT2D eigenvalue weighted by Crippen LogP contribution is -2.51. The number of carbonyl (C=O) groups is 2. The number of ether oxygens (including phenoxy) is 2. The number of nitrogens with zero attached hydrogens (tertiary/aromatic N) is 2. The first-order valence-corrected chi connectivity index (χ1v) is 9.10. The highest BCUT2D eigenvalue weighted by Crippen LogP contribution is 2.23. The number of aryl methyl sites for hydroxylation is 1. The van der Waals surface area contributed by atoms with E-state index < -0.39 is 0 Å². The highest BCUT2D eigenvalue weighted by Gasteiger charge is 2.27. The summed E-state index contributed by atoms with van der Waals surface area (Å²) in [7, 11) is 1.56. The van der Waals surface area contributed by atoms with Gasteiger partial charge in [-0.15, -0.1) is 0 Å². The Kier molecular flexibility index (Phi) is 5.96. The van der Waals surface area contributed by atoms with Crippen LogP contribution in [0.2, 0.25) is 0 Å². The summed E-state index contributed by atoms with van der Waals surface area (Å²) in [6.07, 6.45) is 0.461. The van der Waals surface area contributed by atoms with Crippen molar-refractivity contribution in [1.29, 1.82) is 0 Å². The van der Waals surface area contributed by atoms with Crippen molar-refractivity contribution in [2.24, 2.45) is 0 Å². The fourth-order valence-corrected chi connectivity index (χ4v) is 3.06. The molecule has 6 nitrogen and oxygen atoms in total. The molecule has 1 fully saturated rings. The fraction of sp³-hybridized carbons (Fsp3) is 0.333. The molecule has 1 saturated heterocycles. The molecule has 0 saturated carbocycles. The quantitative estimate of drug-likeness (QED) is 0.831. The molecule has 0 aromatic heterocycles. The minimum atomic E-state index is -0.390. The number of piperazine rings is 1. The Bertz CT molecular complexity index is 799. The van der Waals surface area contributed by atoms with Crippen molar-refractivity contribution < 1.29 is 19.1 Å². The molecular weight excluding hydrogens is 344 g/mol. The average Bonchev–Trinajstić information content (AvgIpc) is 2.73. The summed E-state index contributed by atoms with van der Waals surface area (Å²) in [6.45, 7) is 3.85. The van der Waals surface area contributed by atoms with E-state index in [0.29, 0.717) is 43.2 Å². The van der Waals surface area contributed by atoms with Crippen molar-refractivity contribution >= 4 is 12.0 Å². The van der Waals surface area contributed by atoms with Crippen molar-refractivity contribution in [3.63, 3.8) is 0 Å². The minimum Gasteiger partial charge on any atom is -0.496 e. The maximum atomic E-state index is 12.9. The number of amides is 2. The molecule has 0 radical (unpaired) electrons. The molecule has 27 heavy (non-hydrogen) atoms. The highest BCUT2D eigenvalue weighted by atomic mass is 16.6. The third-order valence-corrected chi connectivity index (χ3v) is 4.68. The van der Waals surface area contributed by atoms with Crippen LogP contribution in [0.1, 0.15) is 22.8 Å². The van der Waals surface area contributed by atoms with E-state index in [0.717, 1.165) is 12.0 Å². The monoisotopic (exact) mass is 368 g/mol. The summed E-state index contributed by atoms with van der Waals surface area (Å²) in [5, 5.41) is 0. The Hall–Kier alpha value is -3.02. The van der Waals surface area contributed by atoms with Gasteiger partial charge in [0.2, 0.25) is 0 Å². The summed E-state index contributed by atoms with van der Waals surface area (Å²) in [5.41, 5.74) is 1.65. The summed E-state index contributed by atoms with van der Waals surface area (Å²) in [5.74, 6) is 1.02. The minimum absolute atomic E-state index is 0.0711. The lowest BCUT2D eigenvalue weighted by molar-refractivity contribution is 0.0630. The van der Waals surface area contributed by atoms with E-state index in [9.17, 15) is 9.59 Å². The molecule has 1 heterocycles. The number of benzene rings is 2. The van der Waals surface area contributed by atoms with Gasteiger partial charge in [-0.2, -0.15) is 0 Å². The summed E-state index contributed by atoms with van der Waals surface area (Å²) < 4.78 is 10.7. The first-order valence-electron chi connectivity index (χ1n) is 9.10. The largest absolute Gasteiger partial charge is 0.496 e. The molecule has 1 aliphatic rings. The number of carbonyl (C=O) groups excluding carboxylic acids is 2. The molecule has 0 atom stereocenters. The van der Waals surface area contributed by atoms with Crippen LogP contribution >= 0.6 is 0 Å². The van der Waals surface area contributed by atoms with Gasteiger partial charge in [0.1, 0.15) is 11.5 Å². The molecule has 0 N–H and O–H groups in total. The standard InChI is InChI=1S/C21H24N2O4/c1-3-16-9-10-19(26-2)18(15-16)20(24)22-11-13-23(14-12-22)21(25)27-17-7-5-4-6-8-17/h4-10,15H,3,11-14H2,1-2H3. The normalized spacial score (nSPS) is 14.0. The van der Waals surface area contributed by atoms with Crippen LogP contribution < -0.4 is 9.47 Å². The molecule has 0 aliphatic carbocycles. The average molecular weight is 368 g/mol. The van der Waals surface area contributed by atoms with E-state index in [1.54, 1.807) is 29.0 Å². The molecule has 3 rings (SSSR count). The first kappa shape index (κ1) is 18.8. The number of rotatable bonds is 4. The maximum Gasteiger partial charge on any atom is 0.415 e. The lowest BCUT2D eigenvalue weighted by Gasteiger charge is -2.34. The SMILES string of the molecule is CCc1ccc(OC)c(C(=O)N2CCN(C(=O)Oc3ccccc3)CC2)c1. The number of hydrogen-bond donors (Lipinski definition) is 0. The van der Waals surface area contributed by atoms with Gasteiger partial charge in [-0.1, -0.05) is 31.2 Å². The molecule has 0 unspecified atom stereocenters. The van der Waals surface area contributed by atoms with Crippen LogP contribution in [-0.2, 0) is 6.42 Å². The van der Waals surface area contributed by atoms with Gasteiger partial charge in [0.25, 0.3) is 5.91 Å². The Balaban J connectivity index is 1.62. The van der Waals surface area contributed by atoms with Crippen molar-refractivity contribution in [3.8, 4) is 11.5 Å². The molecule has 2 aromatic rings. The number of methoxy groups -OCH3 is 1. The molecule has 2 aromatic carbocycles. The van der Waals surface area contributed by atoms with Crippen molar-refractivity contribution in [2.75, 3.05) is 33.3 Å². The third kappa shape index (κ3) is 4.39. The van der Waals surface area contributed by atoms with Gasteiger partial charge in [0.15, 0.2) is 0 Å². The van der Waals surface area contributed by atoms with E-state index in [1.807, 2.05) is 43.3 Å². The van der Waals surface area contributed by atoms with Gasteiger partial charge in [-0.25, -0.2) is 4.79 Å². The van der Waals surface area contributed by atoms with Crippen molar-refractivity contribution in [3.05, 3.63) is 59.7 Å². The van der Waals surface area contributed by atoms with Crippen LogP contribution in [0.5, 0.6) is 11.5 Å². The molecule has 2 amide bonds. The molecular formula is C21H24N2O4. The van der Waals surface area contributed by atoms with E-state index >= 15 is 0 Å². The van der Waals surface area contributed by atoms with Gasteiger partial charge in [-0.05, 0) is 36.2 Å². The van der Waals surface area contributed by atoms with E-state index in [1.165, 1.54) is 0 Å². The summed E-state index contributed by atoms with van der Waals surface area (Å²) in [6, 6.07) is 14.7. The van der Waals surface area contributed by atoms with Gasteiger partial charge < -0.3 is 19.3 Å². The second-order valence-corrected chi connectivity index (χ2v) is 6.35. The highest BCUT2D eigenvalue weighted by molar-refractivity contribution is 5.97. The zero-order chi connectivity index (χ0) is 19.2. The van der Waals surface area contributed by atoms with Crippen LogP contribution in [0.25, 0.3) is 0 Å². The molecule has 0 spiro atoms. The van der Waals surface area contributed by atoms with Crippen LogP contribution in [0.15, 0.2) is 48.5 Å². The van der Waals surface area contributed by atoms with Crippen molar-refractivity contribution in [1.82, 2.24) is 9.80 Å². The smallest absolute Gasteiger partial charge is 0.415 e. The zero-order valence-corrected chi connectivity index (χ0v) is 15.7. The predicted molar refractivity (Wildman–Crippen MR) is 102 cm³/mol. The van der Waals surface area contributed by atoms with Crippen molar-refractivity contribution in [2.45, 2.75) is 13.3 Å². The zero-order valence-electron chi connectivity index (χ0n) is 15.7. The molecule has 6 heteroatoms. The molecule has 142 valence electrons. The third-order valence-electron chi connectivity index (χ3n) is 4.68. The van der Waals surface area contributed by atoms with E-state index in [2.05, 4.69) is 0 Å². The van der Waals surface area contributed by atoms with Crippen LogP contribution in [0.3, 0.4) is 0 Å².